The number of rotatable bonds is 17. The first-order valence-electron chi connectivity index (χ1n) is 21.2. The van der Waals surface area contributed by atoms with Crippen LogP contribution in [-0.4, -0.2) is 124 Å². The monoisotopic (exact) mass is 821 g/mol. The quantitative estimate of drug-likeness (QED) is 0.0850. The molecule has 59 heavy (non-hydrogen) atoms. The number of aromatic nitrogens is 3. The second-order valence-electron chi connectivity index (χ2n) is 15.9. The van der Waals surface area contributed by atoms with E-state index in [2.05, 4.69) is 41.7 Å². The number of nitrogens with zero attached hydrogens (tertiary/aromatic N) is 7. The van der Waals surface area contributed by atoms with Crippen LogP contribution >= 0.6 is 11.8 Å². The number of piperidine rings is 2. The number of hydrogen-bond acceptors (Lipinski definition) is 11. The number of imide groups is 1. The van der Waals surface area contributed by atoms with E-state index < -0.39 is 6.04 Å². The fourth-order valence-corrected chi connectivity index (χ4v) is 9.29. The Morgan fingerprint density at radius 1 is 0.898 bits per heavy atom. The summed E-state index contributed by atoms with van der Waals surface area (Å²) in [6, 6.07) is 12.9. The van der Waals surface area contributed by atoms with Crippen molar-refractivity contribution in [2.24, 2.45) is 5.92 Å². The van der Waals surface area contributed by atoms with Crippen LogP contribution in [0.5, 0.6) is 0 Å². The van der Waals surface area contributed by atoms with Crippen molar-refractivity contribution in [2.45, 2.75) is 81.7 Å². The van der Waals surface area contributed by atoms with Gasteiger partial charge in [0.25, 0.3) is 11.8 Å². The molecule has 7 rings (SSSR count). The summed E-state index contributed by atoms with van der Waals surface area (Å²) in [5.41, 5.74) is 2.90. The summed E-state index contributed by atoms with van der Waals surface area (Å²) >= 11 is 1.80. The third-order valence-electron chi connectivity index (χ3n) is 11.8. The maximum absolute atomic E-state index is 13.2. The van der Waals surface area contributed by atoms with E-state index >= 15 is 0 Å². The van der Waals surface area contributed by atoms with Crippen LogP contribution in [0, 0.1) is 5.92 Å². The largest absolute Gasteiger partial charge is 0.353 e. The molecular weight excluding hydrogens is 767 g/mol. The van der Waals surface area contributed by atoms with Crippen molar-refractivity contribution in [3.63, 3.8) is 0 Å². The minimum absolute atomic E-state index is 0.0464. The maximum atomic E-state index is 13.2. The van der Waals surface area contributed by atoms with Crippen molar-refractivity contribution in [2.75, 3.05) is 63.0 Å². The number of thioether (sulfide) groups is 1. The molecule has 312 valence electrons. The van der Waals surface area contributed by atoms with Crippen LogP contribution in [0.2, 0.25) is 0 Å². The Kier molecular flexibility index (Phi) is 14.7. The van der Waals surface area contributed by atoms with Crippen molar-refractivity contribution < 1.29 is 24.0 Å². The Morgan fingerprint density at radius 3 is 2.51 bits per heavy atom. The van der Waals surface area contributed by atoms with Crippen LogP contribution in [0.4, 0.5) is 5.82 Å². The second-order valence-corrected chi connectivity index (χ2v) is 17.0. The van der Waals surface area contributed by atoms with E-state index in [1.807, 2.05) is 41.3 Å². The van der Waals surface area contributed by atoms with E-state index in [0.717, 1.165) is 125 Å². The van der Waals surface area contributed by atoms with Crippen molar-refractivity contribution in [3.05, 3.63) is 83.3 Å². The van der Waals surface area contributed by atoms with E-state index in [1.165, 1.54) is 0 Å². The Labute approximate surface area is 350 Å². The number of nitrogens with one attached hydrogen (secondary N) is 2. The highest BCUT2D eigenvalue weighted by Crippen LogP contribution is 2.31. The van der Waals surface area contributed by atoms with E-state index in [9.17, 15) is 24.0 Å². The standard InChI is InChI=1S/C44H55N9O5S/c54-40(15-9-33-8-6-19-45-30-33)46-20-3-2-7-32-17-22-52(23-18-32)44(58)37-12-14-39(49-48-37)51-26-24-50(25-27-51)21-4-1-5-28-59-35-10-11-36-34(29-35)31-53(43(36)57)38-13-16-41(55)47-42(38)56/h6,8-12,14-15,19,29-30,32,38H,1-5,7,13,16-18,20-28,31H2,(H,46,54)(H,47,55,56)/b15-9+. The summed E-state index contributed by atoms with van der Waals surface area (Å²) in [6.45, 7) is 7.28. The van der Waals surface area contributed by atoms with E-state index in [4.69, 9.17) is 0 Å². The minimum atomic E-state index is -0.589. The molecular formula is C44H55N9O5S. The van der Waals surface area contributed by atoms with Gasteiger partial charge in [-0.25, -0.2) is 0 Å². The lowest BCUT2D eigenvalue weighted by molar-refractivity contribution is -0.137. The predicted octanol–water partition coefficient (Wildman–Crippen LogP) is 4.57. The summed E-state index contributed by atoms with van der Waals surface area (Å²) in [4.78, 5) is 75.6. The van der Waals surface area contributed by atoms with Crippen LogP contribution in [0.3, 0.4) is 0 Å². The van der Waals surface area contributed by atoms with E-state index in [-0.39, 0.29) is 36.0 Å². The van der Waals surface area contributed by atoms with Gasteiger partial charge in [0.2, 0.25) is 17.7 Å². The molecule has 3 fully saturated rings. The summed E-state index contributed by atoms with van der Waals surface area (Å²) in [7, 11) is 0. The van der Waals surface area contributed by atoms with E-state index in [1.54, 1.807) is 41.2 Å². The molecule has 2 N–H and O–H groups in total. The average molecular weight is 822 g/mol. The molecule has 0 saturated carbocycles. The van der Waals surface area contributed by atoms with Crippen LogP contribution in [0.15, 0.2) is 65.8 Å². The van der Waals surface area contributed by atoms with Gasteiger partial charge in [0.15, 0.2) is 11.5 Å². The lowest BCUT2D eigenvalue weighted by Gasteiger charge is -2.35. The SMILES string of the molecule is O=C(/C=C/c1cccnc1)NCCCCC1CCN(C(=O)c2ccc(N3CCN(CCCCCSc4ccc5c(c4)CN(C4CCC(=O)NC4=O)C5=O)CC3)nn2)CC1. The molecule has 2 aromatic heterocycles. The smallest absolute Gasteiger partial charge is 0.274 e. The van der Waals surface area contributed by atoms with Gasteiger partial charge in [-0.1, -0.05) is 25.3 Å². The lowest BCUT2D eigenvalue weighted by Crippen LogP contribution is -2.52. The van der Waals surface area contributed by atoms with Gasteiger partial charge in [-0.3, -0.25) is 39.2 Å². The highest BCUT2D eigenvalue weighted by atomic mass is 32.2. The van der Waals surface area contributed by atoms with Crippen LogP contribution in [0.25, 0.3) is 6.08 Å². The van der Waals surface area contributed by atoms with Crippen LogP contribution in [0.1, 0.15) is 96.2 Å². The number of anilines is 1. The number of carbonyl (C=O) groups is 5. The third kappa shape index (κ3) is 11.5. The summed E-state index contributed by atoms with van der Waals surface area (Å²) in [6.07, 6.45) is 15.8. The summed E-state index contributed by atoms with van der Waals surface area (Å²) < 4.78 is 0. The molecule has 0 spiro atoms. The van der Waals surface area contributed by atoms with Gasteiger partial charge in [0.1, 0.15) is 6.04 Å². The van der Waals surface area contributed by atoms with Gasteiger partial charge >= 0.3 is 0 Å². The molecule has 4 aliphatic heterocycles. The van der Waals surface area contributed by atoms with Crippen molar-refractivity contribution in [3.8, 4) is 0 Å². The topological polar surface area (TPSA) is 161 Å². The first kappa shape index (κ1) is 42.0. The molecule has 1 aromatic carbocycles. The predicted molar refractivity (Wildman–Crippen MR) is 227 cm³/mol. The van der Waals surface area contributed by atoms with Gasteiger partial charge in [-0.05, 0) is 110 Å². The zero-order chi connectivity index (χ0) is 41.0. The van der Waals surface area contributed by atoms with Gasteiger partial charge in [-0.15, -0.1) is 22.0 Å². The Morgan fingerprint density at radius 2 is 1.75 bits per heavy atom. The fourth-order valence-electron chi connectivity index (χ4n) is 8.32. The molecule has 0 bridgehead atoms. The number of benzene rings is 1. The van der Waals surface area contributed by atoms with Gasteiger partial charge in [0, 0.05) is 87.7 Å². The fraction of sp³-hybridized carbons (Fsp3) is 0.500. The van der Waals surface area contributed by atoms with Crippen LogP contribution < -0.4 is 15.5 Å². The molecule has 15 heteroatoms. The van der Waals surface area contributed by atoms with Gasteiger partial charge in [-0.2, -0.15) is 0 Å². The van der Waals surface area contributed by atoms with Gasteiger partial charge < -0.3 is 20.0 Å². The van der Waals surface area contributed by atoms with Crippen molar-refractivity contribution >= 4 is 53.2 Å². The number of fused-ring (bicyclic) bond motifs is 1. The Bertz CT molecular complexity index is 1960. The highest BCUT2D eigenvalue weighted by molar-refractivity contribution is 7.99. The molecule has 1 unspecified atom stereocenters. The first-order valence-corrected chi connectivity index (χ1v) is 22.2. The average Bonchev–Trinajstić information content (AvgIpc) is 3.59. The Hall–Kier alpha value is -5.15. The molecule has 0 aliphatic carbocycles. The first-order chi connectivity index (χ1) is 28.8. The Balaban J connectivity index is 0.725. The maximum Gasteiger partial charge on any atom is 0.274 e. The molecule has 4 aliphatic rings. The number of unbranched alkanes of at least 4 members (excludes halogenated alkanes) is 3. The minimum Gasteiger partial charge on any atom is -0.353 e. The number of amides is 5. The molecule has 3 saturated heterocycles. The zero-order valence-corrected chi connectivity index (χ0v) is 34.5. The molecule has 5 amide bonds. The van der Waals surface area contributed by atoms with Crippen molar-refractivity contribution in [1.29, 1.82) is 0 Å². The van der Waals surface area contributed by atoms with Crippen molar-refractivity contribution in [1.82, 2.24) is 40.5 Å². The van der Waals surface area contributed by atoms with E-state index in [0.29, 0.717) is 36.7 Å². The third-order valence-corrected chi connectivity index (χ3v) is 12.9. The summed E-state index contributed by atoms with van der Waals surface area (Å²) in [5, 5.41) is 14.1. The van der Waals surface area contributed by atoms with Gasteiger partial charge in [0.05, 0.1) is 0 Å². The summed E-state index contributed by atoms with van der Waals surface area (Å²) in [5.74, 6) is 1.48. The zero-order valence-electron chi connectivity index (χ0n) is 33.7. The molecule has 14 nitrogen and oxygen atoms in total. The number of hydrogen-bond donors (Lipinski definition) is 2. The molecule has 1 atom stereocenters. The lowest BCUT2D eigenvalue weighted by atomic mass is 9.91. The molecule has 3 aromatic rings. The number of carbonyl (C=O) groups excluding carboxylic acids is 5. The normalized spacial score (nSPS) is 19.0. The number of pyridine rings is 1. The molecule has 0 radical (unpaired) electrons. The highest BCUT2D eigenvalue weighted by Gasteiger charge is 2.39. The second kappa shape index (κ2) is 20.7. The molecule has 6 heterocycles. The number of likely N-dealkylation sites (tertiary alicyclic amines) is 1. The van der Waals surface area contributed by atoms with Crippen LogP contribution in [-0.2, 0) is 20.9 Å². The number of piperazine rings is 1.